The first-order valence-electron chi connectivity index (χ1n) is 6.57. The second kappa shape index (κ2) is 5.35. The van der Waals surface area contributed by atoms with Crippen LogP contribution in [0.25, 0.3) is 0 Å². The van der Waals surface area contributed by atoms with Crippen LogP contribution in [0.1, 0.15) is 36.6 Å². The minimum absolute atomic E-state index is 0.481. The highest BCUT2D eigenvalue weighted by Crippen LogP contribution is 2.39. The summed E-state index contributed by atoms with van der Waals surface area (Å²) in [5, 5.41) is 17.9. The Morgan fingerprint density at radius 3 is 3.16 bits per heavy atom. The molecule has 3 rings (SSSR count). The van der Waals surface area contributed by atoms with Crippen LogP contribution in [0.3, 0.4) is 0 Å². The topological polar surface area (TPSA) is 50.9 Å². The summed E-state index contributed by atoms with van der Waals surface area (Å²) in [6.45, 7) is 2.76. The van der Waals surface area contributed by atoms with Gasteiger partial charge in [-0.2, -0.15) is 0 Å². The van der Waals surface area contributed by atoms with Crippen LogP contribution >= 0.6 is 11.8 Å². The molecule has 0 bridgehead atoms. The van der Waals surface area contributed by atoms with Crippen molar-refractivity contribution in [1.82, 2.24) is 15.0 Å². The van der Waals surface area contributed by atoms with E-state index < -0.39 is 6.10 Å². The summed E-state index contributed by atoms with van der Waals surface area (Å²) in [4.78, 5) is 1.38. The standard InChI is InChI=1S/C14H17N3OS/c1-2-13(18)12-8-17(16-15-12)7-10-9-19-14-6-4-3-5-11(10)14/h3-6,8,10,13,18H,2,7,9H2,1H3. The van der Waals surface area contributed by atoms with E-state index in [1.165, 1.54) is 10.5 Å². The highest BCUT2D eigenvalue weighted by atomic mass is 32.2. The predicted octanol–water partition coefficient (Wildman–Crippen LogP) is 2.61. The van der Waals surface area contributed by atoms with Crippen molar-refractivity contribution in [3.8, 4) is 0 Å². The Hall–Kier alpha value is -1.33. The maximum Gasteiger partial charge on any atom is 0.111 e. The number of aliphatic hydroxyl groups is 1. The molecule has 0 spiro atoms. The molecule has 1 aliphatic rings. The Kier molecular flexibility index (Phi) is 3.57. The third-order valence-corrected chi connectivity index (χ3v) is 4.74. The molecule has 0 fully saturated rings. The van der Waals surface area contributed by atoms with E-state index in [0.717, 1.165) is 12.3 Å². The second-order valence-electron chi connectivity index (χ2n) is 4.84. The molecule has 0 aliphatic carbocycles. The first kappa shape index (κ1) is 12.7. The number of rotatable bonds is 4. The van der Waals surface area contributed by atoms with Crippen LogP contribution in [-0.4, -0.2) is 25.9 Å². The molecule has 0 saturated carbocycles. The molecule has 4 nitrogen and oxygen atoms in total. The lowest BCUT2D eigenvalue weighted by atomic mass is 10.0. The normalized spacial score (nSPS) is 19.4. The highest BCUT2D eigenvalue weighted by molar-refractivity contribution is 7.99. The minimum Gasteiger partial charge on any atom is -0.387 e. The van der Waals surface area contributed by atoms with Crippen LogP contribution in [-0.2, 0) is 6.54 Å². The number of hydrogen-bond acceptors (Lipinski definition) is 4. The molecule has 2 unspecified atom stereocenters. The number of benzene rings is 1. The SMILES string of the molecule is CCC(O)c1cn(CC2CSc3ccccc32)nn1. The smallest absolute Gasteiger partial charge is 0.111 e. The summed E-state index contributed by atoms with van der Waals surface area (Å²) < 4.78 is 1.85. The first-order valence-corrected chi connectivity index (χ1v) is 7.56. The largest absolute Gasteiger partial charge is 0.387 e. The van der Waals surface area contributed by atoms with Crippen LogP contribution in [0.2, 0.25) is 0 Å². The molecular weight excluding hydrogens is 258 g/mol. The molecule has 1 aromatic carbocycles. The van der Waals surface area contributed by atoms with Crippen molar-refractivity contribution in [1.29, 1.82) is 0 Å². The Labute approximate surface area is 116 Å². The van der Waals surface area contributed by atoms with E-state index in [-0.39, 0.29) is 0 Å². The molecular formula is C14H17N3OS. The molecule has 1 N–H and O–H groups in total. The fourth-order valence-corrected chi connectivity index (χ4v) is 3.61. The van der Waals surface area contributed by atoms with Crippen molar-refractivity contribution in [2.45, 2.75) is 36.8 Å². The summed E-state index contributed by atoms with van der Waals surface area (Å²) >= 11 is 1.90. The van der Waals surface area contributed by atoms with Crippen molar-refractivity contribution in [3.63, 3.8) is 0 Å². The van der Waals surface area contributed by atoms with Crippen molar-refractivity contribution in [2.75, 3.05) is 5.75 Å². The lowest BCUT2D eigenvalue weighted by Crippen LogP contribution is -2.09. The summed E-state index contributed by atoms with van der Waals surface area (Å²) in [6, 6.07) is 8.54. The van der Waals surface area contributed by atoms with Gasteiger partial charge in [0, 0.05) is 16.6 Å². The van der Waals surface area contributed by atoms with Crippen molar-refractivity contribution in [2.24, 2.45) is 0 Å². The van der Waals surface area contributed by atoms with Gasteiger partial charge in [0.1, 0.15) is 5.69 Å². The van der Waals surface area contributed by atoms with Gasteiger partial charge in [-0.3, -0.25) is 4.68 Å². The van der Waals surface area contributed by atoms with E-state index in [1.807, 2.05) is 29.6 Å². The monoisotopic (exact) mass is 275 g/mol. The molecule has 2 atom stereocenters. The van der Waals surface area contributed by atoms with E-state index in [9.17, 15) is 5.11 Å². The summed E-state index contributed by atoms with van der Waals surface area (Å²) in [5.41, 5.74) is 2.07. The van der Waals surface area contributed by atoms with Crippen LogP contribution in [0, 0.1) is 0 Å². The van der Waals surface area contributed by atoms with Crippen LogP contribution < -0.4 is 0 Å². The molecule has 0 radical (unpaired) electrons. The Morgan fingerprint density at radius 2 is 2.32 bits per heavy atom. The highest BCUT2D eigenvalue weighted by Gasteiger charge is 2.23. The zero-order valence-electron chi connectivity index (χ0n) is 10.9. The maximum absolute atomic E-state index is 9.74. The Bertz CT molecular complexity index is 569. The van der Waals surface area contributed by atoms with Crippen molar-refractivity contribution >= 4 is 11.8 Å². The molecule has 2 aromatic rings. The fourth-order valence-electron chi connectivity index (χ4n) is 2.37. The van der Waals surface area contributed by atoms with Gasteiger partial charge in [-0.25, -0.2) is 0 Å². The molecule has 1 aromatic heterocycles. The molecule has 19 heavy (non-hydrogen) atoms. The second-order valence-corrected chi connectivity index (χ2v) is 5.90. The number of nitrogens with zero attached hydrogens (tertiary/aromatic N) is 3. The summed E-state index contributed by atoms with van der Waals surface area (Å²) in [7, 11) is 0. The predicted molar refractivity (Wildman–Crippen MR) is 75.2 cm³/mol. The third-order valence-electron chi connectivity index (χ3n) is 3.49. The van der Waals surface area contributed by atoms with Gasteiger partial charge in [-0.1, -0.05) is 30.3 Å². The van der Waals surface area contributed by atoms with E-state index in [4.69, 9.17) is 0 Å². The van der Waals surface area contributed by atoms with Gasteiger partial charge in [0.05, 0.1) is 18.8 Å². The molecule has 5 heteroatoms. The molecule has 2 heterocycles. The zero-order valence-corrected chi connectivity index (χ0v) is 11.7. The van der Waals surface area contributed by atoms with Gasteiger partial charge in [0.15, 0.2) is 0 Å². The van der Waals surface area contributed by atoms with Crippen LogP contribution in [0.15, 0.2) is 35.4 Å². The molecule has 0 saturated heterocycles. The van der Waals surface area contributed by atoms with Gasteiger partial charge >= 0.3 is 0 Å². The molecule has 100 valence electrons. The Balaban J connectivity index is 1.74. The molecule has 0 amide bonds. The van der Waals surface area contributed by atoms with E-state index in [0.29, 0.717) is 18.0 Å². The molecule has 1 aliphatic heterocycles. The van der Waals surface area contributed by atoms with Crippen molar-refractivity contribution < 1.29 is 5.11 Å². The Morgan fingerprint density at radius 1 is 1.47 bits per heavy atom. The van der Waals surface area contributed by atoms with Gasteiger partial charge in [0.25, 0.3) is 0 Å². The first-order chi connectivity index (χ1) is 9.28. The average molecular weight is 275 g/mol. The maximum atomic E-state index is 9.74. The summed E-state index contributed by atoms with van der Waals surface area (Å²) in [6.07, 6.45) is 2.03. The lowest BCUT2D eigenvalue weighted by Gasteiger charge is -2.09. The fraction of sp³-hybridized carbons (Fsp3) is 0.429. The number of hydrogen-bond donors (Lipinski definition) is 1. The summed E-state index contributed by atoms with van der Waals surface area (Å²) in [5.74, 6) is 1.57. The van der Waals surface area contributed by atoms with Crippen LogP contribution in [0.4, 0.5) is 0 Å². The van der Waals surface area contributed by atoms with E-state index in [2.05, 4.69) is 34.6 Å². The van der Waals surface area contributed by atoms with Crippen LogP contribution in [0.5, 0.6) is 0 Å². The number of aromatic nitrogens is 3. The van der Waals surface area contributed by atoms with Gasteiger partial charge < -0.3 is 5.11 Å². The lowest BCUT2D eigenvalue weighted by molar-refractivity contribution is 0.168. The van der Waals surface area contributed by atoms with E-state index >= 15 is 0 Å². The average Bonchev–Trinajstić information content (AvgIpc) is 3.06. The zero-order chi connectivity index (χ0) is 13.2. The minimum atomic E-state index is -0.501. The number of thioether (sulfide) groups is 1. The van der Waals surface area contributed by atoms with Crippen molar-refractivity contribution in [3.05, 3.63) is 41.7 Å². The van der Waals surface area contributed by atoms with Gasteiger partial charge in [0.2, 0.25) is 0 Å². The van der Waals surface area contributed by atoms with Gasteiger partial charge in [-0.05, 0) is 18.1 Å². The quantitative estimate of drug-likeness (QED) is 0.932. The number of aliphatic hydroxyl groups excluding tert-OH is 1. The van der Waals surface area contributed by atoms with E-state index in [1.54, 1.807) is 0 Å². The third kappa shape index (κ3) is 2.53. The van der Waals surface area contributed by atoms with Gasteiger partial charge in [-0.15, -0.1) is 16.9 Å². The number of fused-ring (bicyclic) bond motifs is 1.